The lowest BCUT2D eigenvalue weighted by atomic mass is 10.2. The van der Waals surface area contributed by atoms with Crippen molar-refractivity contribution in [2.45, 2.75) is 9.79 Å². The van der Waals surface area contributed by atoms with Crippen molar-refractivity contribution in [3.05, 3.63) is 54.1 Å². The molecule has 7 heteroatoms. The highest BCUT2D eigenvalue weighted by atomic mass is 32.2. The number of nitrogens with zero attached hydrogens (tertiary/aromatic N) is 1. The van der Waals surface area contributed by atoms with E-state index >= 15 is 0 Å². The molecule has 0 aliphatic heterocycles. The van der Waals surface area contributed by atoms with Crippen molar-refractivity contribution in [1.82, 2.24) is 4.98 Å². The van der Waals surface area contributed by atoms with Crippen LogP contribution in [0.2, 0.25) is 0 Å². The zero-order chi connectivity index (χ0) is 14.0. The second kappa shape index (κ2) is 4.77. The normalized spacial score (nSPS) is 13.7. The molecule has 1 aromatic carbocycles. The molecule has 0 spiro atoms. The molecule has 2 rings (SSSR count). The number of nitrogens with one attached hydrogen (secondary N) is 1. The molecule has 0 fully saturated rings. The molecule has 1 heterocycles. The molecular formula is C12H9FN2O3S. The van der Waals surface area contributed by atoms with Crippen LogP contribution in [0.3, 0.4) is 0 Å². The third kappa shape index (κ3) is 2.60. The molecule has 1 atom stereocenters. The van der Waals surface area contributed by atoms with E-state index in [2.05, 4.69) is 4.98 Å². The van der Waals surface area contributed by atoms with E-state index in [0.717, 1.165) is 18.5 Å². The predicted molar refractivity (Wildman–Crippen MR) is 65.0 cm³/mol. The van der Waals surface area contributed by atoms with Crippen LogP contribution in [0.25, 0.3) is 0 Å². The minimum atomic E-state index is -3.40. The minimum Gasteiger partial charge on any atom is -0.478 e. The number of aromatic nitrogens is 1. The zero-order valence-corrected chi connectivity index (χ0v) is 10.4. The summed E-state index contributed by atoms with van der Waals surface area (Å²) in [7, 11) is -3.40. The van der Waals surface area contributed by atoms with Crippen molar-refractivity contribution in [2.75, 3.05) is 0 Å². The molecule has 0 amide bonds. The predicted octanol–water partition coefficient (Wildman–Crippen LogP) is 2.38. The van der Waals surface area contributed by atoms with E-state index in [4.69, 9.17) is 9.89 Å². The maximum Gasteiger partial charge on any atom is 0.335 e. The number of rotatable bonds is 3. The van der Waals surface area contributed by atoms with Crippen LogP contribution in [-0.2, 0) is 9.73 Å². The smallest absolute Gasteiger partial charge is 0.335 e. The number of pyridine rings is 1. The number of halogens is 1. The van der Waals surface area contributed by atoms with Crippen LogP contribution in [0.4, 0.5) is 4.39 Å². The Morgan fingerprint density at radius 3 is 2.37 bits per heavy atom. The Bertz CT molecular complexity index is 727. The van der Waals surface area contributed by atoms with E-state index in [-0.39, 0.29) is 15.4 Å². The summed E-state index contributed by atoms with van der Waals surface area (Å²) in [5, 5.41) is 8.75. The minimum absolute atomic E-state index is 0.0244. The summed E-state index contributed by atoms with van der Waals surface area (Å²) in [5.41, 5.74) is 0.0244. The Kier molecular flexibility index (Phi) is 3.30. The van der Waals surface area contributed by atoms with Gasteiger partial charge >= 0.3 is 5.97 Å². The molecule has 5 nitrogen and oxygen atoms in total. The van der Waals surface area contributed by atoms with Crippen molar-refractivity contribution >= 4 is 15.7 Å². The van der Waals surface area contributed by atoms with E-state index in [0.29, 0.717) is 0 Å². The van der Waals surface area contributed by atoms with Crippen LogP contribution in [-0.4, -0.2) is 20.3 Å². The van der Waals surface area contributed by atoms with Gasteiger partial charge in [0.25, 0.3) is 0 Å². The number of aromatic carboxylic acids is 1. The quantitative estimate of drug-likeness (QED) is 0.903. The molecule has 98 valence electrons. The van der Waals surface area contributed by atoms with Gasteiger partial charge in [0.05, 0.1) is 21.6 Å². The molecule has 0 radical (unpaired) electrons. The van der Waals surface area contributed by atoms with Gasteiger partial charge in [-0.3, -0.25) is 4.98 Å². The Morgan fingerprint density at radius 2 is 1.84 bits per heavy atom. The lowest BCUT2D eigenvalue weighted by Gasteiger charge is -2.07. The molecule has 1 unspecified atom stereocenters. The average Bonchev–Trinajstić information content (AvgIpc) is 2.39. The first-order valence-electron chi connectivity index (χ1n) is 5.14. The molecule has 0 bridgehead atoms. The third-order valence-electron chi connectivity index (χ3n) is 2.44. The lowest BCUT2D eigenvalue weighted by molar-refractivity contribution is 0.0697. The molecule has 2 aromatic rings. The van der Waals surface area contributed by atoms with Gasteiger partial charge < -0.3 is 5.11 Å². The van der Waals surface area contributed by atoms with E-state index < -0.39 is 21.5 Å². The monoisotopic (exact) mass is 280 g/mol. The third-order valence-corrected chi connectivity index (χ3v) is 4.27. The van der Waals surface area contributed by atoms with Gasteiger partial charge in [-0.05, 0) is 30.3 Å². The Balaban J connectivity index is 2.48. The number of carboxylic acids is 1. The first-order chi connectivity index (χ1) is 8.91. The Hall–Kier alpha value is -2.28. The topological polar surface area (TPSA) is 91.1 Å². The fourth-order valence-corrected chi connectivity index (χ4v) is 2.75. The second-order valence-electron chi connectivity index (χ2n) is 3.72. The van der Waals surface area contributed by atoms with Crippen LogP contribution in [0, 0.1) is 10.6 Å². The van der Waals surface area contributed by atoms with Gasteiger partial charge in [-0.1, -0.05) is 0 Å². The van der Waals surface area contributed by atoms with Gasteiger partial charge in [0.2, 0.25) is 0 Å². The highest BCUT2D eigenvalue weighted by molar-refractivity contribution is 7.92. The standard InChI is InChI=1S/C12H9FN2O3S/c13-9-5-11(7-15-6-9)19(14,18)10-3-1-8(2-4-10)12(16)17/h1-7,14H,(H,16,17). The summed E-state index contributed by atoms with van der Waals surface area (Å²) in [4.78, 5) is 14.3. The van der Waals surface area contributed by atoms with Gasteiger partial charge in [0.1, 0.15) is 15.5 Å². The number of carboxylic acid groups (broad SMARTS) is 1. The highest BCUT2D eigenvalue weighted by Crippen LogP contribution is 2.21. The first kappa shape index (κ1) is 13.2. The van der Waals surface area contributed by atoms with Gasteiger partial charge in [-0.15, -0.1) is 0 Å². The zero-order valence-electron chi connectivity index (χ0n) is 9.54. The molecule has 0 saturated carbocycles. The fraction of sp³-hybridized carbons (Fsp3) is 0. The average molecular weight is 280 g/mol. The number of carbonyl (C=O) groups is 1. The summed E-state index contributed by atoms with van der Waals surface area (Å²) >= 11 is 0. The number of hydrogen-bond donors (Lipinski definition) is 2. The van der Waals surface area contributed by atoms with E-state index in [1.165, 1.54) is 24.3 Å². The van der Waals surface area contributed by atoms with Gasteiger partial charge in [-0.25, -0.2) is 18.2 Å². The summed E-state index contributed by atoms with van der Waals surface area (Å²) in [6, 6.07) is 6.04. The highest BCUT2D eigenvalue weighted by Gasteiger charge is 2.15. The van der Waals surface area contributed by atoms with Crippen molar-refractivity contribution in [2.24, 2.45) is 0 Å². The molecule has 0 aliphatic carbocycles. The van der Waals surface area contributed by atoms with Gasteiger partial charge in [0, 0.05) is 6.20 Å². The molecule has 2 N–H and O–H groups in total. The summed E-state index contributed by atoms with van der Waals surface area (Å²) in [6.07, 6.45) is 2.11. The van der Waals surface area contributed by atoms with Crippen LogP contribution in [0.1, 0.15) is 10.4 Å². The Morgan fingerprint density at radius 1 is 1.21 bits per heavy atom. The number of hydrogen-bond acceptors (Lipinski definition) is 4. The fourth-order valence-electron chi connectivity index (χ4n) is 1.47. The van der Waals surface area contributed by atoms with Crippen molar-refractivity contribution in [3.63, 3.8) is 0 Å². The molecular weight excluding hydrogens is 271 g/mol. The summed E-state index contributed by atoms with van der Waals surface area (Å²) in [6.45, 7) is 0. The van der Waals surface area contributed by atoms with E-state index in [1.807, 2.05) is 0 Å². The Labute approximate surface area is 108 Å². The molecule has 1 aromatic heterocycles. The van der Waals surface area contributed by atoms with E-state index in [1.54, 1.807) is 0 Å². The van der Waals surface area contributed by atoms with Crippen LogP contribution in [0.15, 0.2) is 52.5 Å². The van der Waals surface area contributed by atoms with Crippen LogP contribution in [0.5, 0.6) is 0 Å². The molecule has 0 saturated heterocycles. The number of benzene rings is 1. The second-order valence-corrected chi connectivity index (χ2v) is 5.78. The molecule has 0 aliphatic rings. The van der Waals surface area contributed by atoms with E-state index in [9.17, 15) is 13.4 Å². The SMILES string of the molecule is N=S(=O)(c1ccc(C(=O)O)cc1)c1cncc(F)c1. The van der Waals surface area contributed by atoms with Gasteiger partial charge in [-0.2, -0.15) is 0 Å². The first-order valence-corrected chi connectivity index (χ1v) is 6.70. The summed E-state index contributed by atoms with van der Waals surface area (Å²) in [5.74, 6) is -1.80. The van der Waals surface area contributed by atoms with Crippen molar-refractivity contribution in [1.29, 1.82) is 4.78 Å². The lowest BCUT2D eigenvalue weighted by Crippen LogP contribution is -2.03. The van der Waals surface area contributed by atoms with Crippen LogP contribution < -0.4 is 0 Å². The summed E-state index contributed by atoms with van der Waals surface area (Å²) < 4.78 is 33.2. The largest absolute Gasteiger partial charge is 0.478 e. The van der Waals surface area contributed by atoms with Gasteiger partial charge in [0.15, 0.2) is 0 Å². The van der Waals surface area contributed by atoms with Crippen LogP contribution >= 0.6 is 0 Å². The maximum atomic E-state index is 13.0. The maximum absolute atomic E-state index is 13.0. The van der Waals surface area contributed by atoms with Crippen molar-refractivity contribution in [3.8, 4) is 0 Å². The molecule has 19 heavy (non-hydrogen) atoms. The van der Waals surface area contributed by atoms with Crippen molar-refractivity contribution < 1.29 is 18.5 Å².